The predicted molar refractivity (Wildman–Crippen MR) is 82.4 cm³/mol. The molecule has 3 amide bonds. The lowest BCUT2D eigenvalue weighted by atomic mass is 10.0. The topological polar surface area (TPSA) is 194 Å². The number of carbonyl (C=O) groups excluding carboxylic acids is 3. The van der Waals surface area contributed by atoms with Crippen molar-refractivity contribution in [1.82, 2.24) is 16.0 Å². The van der Waals surface area contributed by atoms with Crippen LogP contribution in [0.3, 0.4) is 0 Å². The van der Waals surface area contributed by atoms with Gasteiger partial charge in [-0.2, -0.15) is 0 Å². The molecule has 140 valence electrons. The van der Waals surface area contributed by atoms with Crippen molar-refractivity contribution in [2.45, 2.75) is 37.3 Å². The molecule has 0 spiro atoms. The first-order valence-corrected chi connectivity index (χ1v) is 7.51. The van der Waals surface area contributed by atoms with E-state index in [0.29, 0.717) is 32.3 Å². The van der Waals surface area contributed by atoms with Gasteiger partial charge in [0, 0.05) is 19.6 Å². The fourth-order valence-electron chi connectivity index (χ4n) is 1.67. The van der Waals surface area contributed by atoms with Gasteiger partial charge in [0.15, 0.2) is 12.2 Å². The van der Waals surface area contributed by atoms with Crippen molar-refractivity contribution in [3.05, 3.63) is 0 Å². The Balaban J connectivity index is 4.32. The van der Waals surface area contributed by atoms with Gasteiger partial charge in [-0.25, -0.2) is 0 Å². The highest BCUT2D eigenvalue weighted by atomic mass is 16.4. The number of aliphatic hydroxyl groups is 4. The second kappa shape index (κ2) is 12.6. The van der Waals surface area contributed by atoms with Crippen LogP contribution >= 0.6 is 0 Å². The first kappa shape index (κ1) is 22.2. The van der Waals surface area contributed by atoms with Crippen LogP contribution in [0.2, 0.25) is 0 Å². The minimum atomic E-state index is -2.06. The average molecular weight is 350 g/mol. The monoisotopic (exact) mass is 350 g/mol. The zero-order valence-electron chi connectivity index (χ0n) is 13.2. The largest absolute Gasteiger partial charge is 0.387 e. The van der Waals surface area contributed by atoms with Gasteiger partial charge >= 0.3 is 0 Å². The number of aliphatic hydroxyl groups excluding tert-OH is 4. The van der Waals surface area contributed by atoms with Crippen LogP contribution in [0, 0.1) is 0 Å². The van der Waals surface area contributed by atoms with Crippen LogP contribution in [0.4, 0.5) is 0 Å². The van der Waals surface area contributed by atoms with E-state index < -0.39 is 36.2 Å². The number of nitrogens with one attached hydrogen (secondary N) is 3. The molecule has 4 unspecified atom stereocenters. The van der Waals surface area contributed by atoms with Crippen LogP contribution in [-0.2, 0) is 14.4 Å². The normalized spacial score (nSPS) is 15.7. The lowest BCUT2D eigenvalue weighted by Crippen LogP contribution is -2.54. The van der Waals surface area contributed by atoms with Gasteiger partial charge in [0.2, 0.25) is 6.41 Å². The molecule has 0 saturated carbocycles. The van der Waals surface area contributed by atoms with Crippen LogP contribution in [0.15, 0.2) is 0 Å². The second-order valence-corrected chi connectivity index (χ2v) is 5.02. The number of rotatable bonds is 13. The third-order valence-corrected chi connectivity index (χ3v) is 3.09. The number of carbonyl (C=O) groups is 3. The molecule has 0 aliphatic heterocycles. The minimum absolute atomic E-state index is 0.113. The standard InChI is InChI=1S/C13H26N4O7/c14-3-1-5-16-12(23)10(21)8(19)9(20)11(22)13(24)17-6-2-4-15-7-18/h7-11,19-22H,1-6,14H2,(H,15,18)(H,16,23)(H,17,24). The number of amides is 3. The third kappa shape index (κ3) is 8.17. The summed E-state index contributed by atoms with van der Waals surface area (Å²) in [5, 5.41) is 45.6. The van der Waals surface area contributed by atoms with E-state index in [1.165, 1.54) is 0 Å². The van der Waals surface area contributed by atoms with E-state index in [0.717, 1.165) is 0 Å². The first-order valence-electron chi connectivity index (χ1n) is 7.51. The van der Waals surface area contributed by atoms with Gasteiger partial charge in [-0.15, -0.1) is 0 Å². The van der Waals surface area contributed by atoms with E-state index in [2.05, 4.69) is 16.0 Å². The van der Waals surface area contributed by atoms with E-state index in [1.807, 2.05) is 0 Å². The van der Waals surface area contributed by atoms with Gasteiger partial charge in [0.1, 0.15) is 12.2 Å². The van der Waals surface area contributed by atoms with E-state index in [1.54, 1.807) is 0 Å². The molecule has 0 aromatic heterocycles. The smallest absolute Gasteiger partial charge is 0.251 e. The molecule has 11 nitrogen and oxygen atoms in total. The maximum atomic E-state index is 11.6. The van der Waals surface area contributed by atoms with E-state index in [4.69, 9.17) is 5.73 Å². The summed E-state index contributed by atoms with van der Waals surface area (Å²) in [5.74, 6) is -1.94. The zero-order chi connectivity index (χ0) is 18.5. The van der Waals surface area contributed by atoms with Gasteiger partial charge in [-0.1, -0.05) is 0 Å². The second-order valence-electron chi connectivity index (χ2n) is 5.02. The van der Waals surface area contributed by atoms with Gasteiger partial charge in [-0.05, 0) is 19.4 Å². The Labute approximate surface area is 139 Å². The molecule has 0 heterocycles. The Hall–Kier alpha value is -1.79. The highest BCUT2D eigenvalue weighted by molar-refractivity contribution is 5.83. The summed E-state index contributed by atoms with van der Waals surface area (Å²) in [6.45, 7) is 0.921. The number of hydrogen-bond donors (Lipinski definition) is 8. The van der Waals surface area contributed by atoms with Crippen molar-refractivity contribution in [2.24, 2.45) is 5.73 Å². The van der Waals surface area contributed by atoms with Crippen molar-refractivity contribution in [1.29, 1.82) is 0 Å². The fraction of sp³-hybridized carbons (Fsp3) is 0.769. The summed E-state index contributed by atoms with van der Waals surface area (Å²) in [6, 6.07) is 0. The average Bonchev–Trinajstić information content (AvgIpc) is 2.58. The SMILES string of the molecule is NCCCNC(=O)C(O)C(O)C(O)C(O)C(=O)NCCCNC=O. The van der Waals surface area contributed by atoms with Crippen molar-refractivity contribution >= 4 is 18.2 Å². The molecule has 11 heteroatoms. The summed E-state index contributed by atoms with van der Waals surface area (Å²) in [5.41, 5.74) is 5.24. The van der Waals surface area contributed by atoms with Crippen LogP contribution in [0.1, 0.15) is 12.8 Å². The summed E-state index contributed by atoms with van der Waals surface area (Å²) in [7, 11) is 0. The quantitative estimate of drug-likeness (QED) is 0.120. The van der Waals surface area contributed by atoms with Gasteiger partial charge in [0.25, 0.3) is 11.8 Å². The van der Waals surface area contributed by atoms with Crippen molar-refractivity contribution in [3.8, 4) is 0 Å². The molecule has 0 aromatic carbocycles. The van der Waals surface area contributed by atoms with E-state index in [-0.39, 0.29) is 13.1 Å². The molecule has 24 heavy (non-hydrogen) atoms. The first-order chi connectivity index (χ1) is 11.4. The highest BCUT2D eigenvalue weighted by Gasteiger charge is 2.37. The molecule has 0 aliphatic rings. The number of nitrogens with two attached hydrogens (primary N) is 1. The third-order valence-electron chi connectivity index (χ3n) is 3.09. The molecule has 0 aromatic rings. The summed E-state index contributed by atoms with van der Waals surface area (Å²) < 4.78 is 0. The predicted octanol–water partition coefficient (Wildman–Crippen LogP) is -4.85. The Morgan fingerprint density at radius 2 is 1.33 bits per heavy atom. The Kier molecular flexibility index (Phi) is 11.7. The molecule has 0 bridgehead atoms. The lowest BCUT2D eigenvalue weighted by Gasteiger charge is -2.25. The van der Waals surface area contributed by atoms with Crippen molar-refractivity contribution in [3.63, 3.8) is 0 Å². The molecular weight excluding hydrogens is 324 g/mol. The maximum absolute atomic E-state index is 11.6. The van der Waals surface area contributed by atoms with Gasteiger partial charge in [0.05, 0.1) is 0 Å². The minimum Gasteiger partial charge on any atom is -0.387 e. The molecule has 0 radical (unpaired) electrons. The lowest BCUT2D eigenvalue weighted by molar-refractivity contribution is -0.155. The van der Waals surface area contributed by atoms with E-state index in [9.17, 15) is 34.8 Å². The Morgan fingerprint density at radius 1 is 0.875 bits per heavy atom. The van der Waals surface area contributed by atoms with Crippen molar-refractivity contribution < 1.29 is 34.8 Å². The summed E-state index contributed by atoms with van der Waals surface area (Å²) >= 11 is 0. The fourth-order valence-corrected chi connectivity index (χ4v) is 1.67. The Morgan fingerprint density at radius 3 is 1.75 bits per heavy atom. The summed E-state index contributed by atoms with van der Waals surface area (Å²) in [4.78, 5) is 33.2. The molecule has 9 N–H and O–H groups in total. The van der Waals surface area contributed by atoms with Gasteiger partial charge < -0.3 is 42.1 Å². The molecule has 0 fully saturated rings. The van der Waals surface area contributed by atoms with Crippen LogP contribution in [0.25, 0.3) is 0 Å². The van der Waals surface area contributed by atoms with E-state index >= 15 is 0 Å². The maximum Gasteiger partial charge on any atom is 0.251 e. The van der Waals surface area contributed by atoms with Crippen LogP contribution in [0.5, 0.6) is 0 Å². The number of hydrogen-bond acceptors (Lipinski definition) is 8. The van der Waals surface area contributed by atoms with Crippen LogP contribution < -0.4 is 21.7 Å². The van der Waals surface area contributed by atoms with Gasteiger partial charge in [-0.3, -0.25) is 14.4 Å². The van der Waals surface area contributed by atoms with Crippen molar-refractivity contribution in [2.75, 3.05) is 26.2 Å². The van der Waals surface area contributed by atoms with Crippen LogP contribution in [-0.4, -0.2) is 89.2 Å². The molecule has 0 aliphatic carbocycles. The molecule has 0 saturated heterocycles. The zero-order valence-corrected chi connectivity index (χ0v) is 13.2. The summed E-state index contributed by atoms with van der Waals surface area (Å²) in [6.07, 6.45) is -6.82. The molecule has 4 atom stereocenters. The Bertz CT molecular complexity index is 397. The highest BCUT2D eigenvalue weighted by Crippen LogP contribution is 2.06. The molecular formula is C13H26N4O7. The molecule has 0 rings (SSSR count).